The molecule has 0 bridgehead atoms. The Bertz CT molecular complexity index is 375. The van der Waals surface area contributed by atoms with Crippen molar-refractivity contribution in [2.24, 2.45) is 5.92 Å². The molecular formula is C12H15NOS. The lowest BCUT2D eigenvalue weighted by Gasteiger charge is -2.03. The highest BCUT2D eigenvalue weighted by Gasteiger charge is 2.19. The molecule has 15 heavy (non-hydrogen) atoms. The molecular weight excluding hydrogens is 206 g/mol. The van der Waals surface area contributed by atoms with Crippen molar-refractivity contribution < 1.29 is 4.79 Å². The zero-order valence-corrected chi connectivity index (χ0v) is 9.93. The molecule has 0 N–H and O–H groups in total. The van der Waals surface area contributed by atoms with E-state index in [1.54, 1.807) is 0 Å². The summed E-state index contributed by atoms with van der Waals surface area (Å²) in [5.74, 6) is -0.470. The molecule has 1 aromatic rings. The molecule has 0 aromatic carbocycles. The molecule has 1 atom stereocenters. The summed E-state index contributed by atoms with van der Waals surface area (Å²) in [6, 6.07) is 5.90. The van der Waals surface area contributed by atoms with Gasteiger partial charge in [-0.25, -0.2) is 0 Å². The van der Waals surface area contributed by atoms with E-state index < -0.39 is 5.92 Å². The first kappa shape index (κ1) is 11.9. The van der Waals surface area contributed by atoms with Gasteiger partial charge >= 0.3 is 0 Å². The topological polar surface area (TPSA) is 40.9 Å². The van der Waals surface area contributed by atoms with E-state index in [0.29, 0.717) is 6.42 Å². The molecule has 1 rings (SSSR count). The van der Waals surface area contributed by atoms with Gasteiger partial charge in [-0.2, -0.15) is 5.26 Å². The highest BCUT2D eigenvalue weighted by atomic mass is 32.1. The van der Waals surface area contributed by atoms with E-state index in [0.717, 1.165) is 17.7 Å². The number of aryl methyl sites for hydroxylation is 1. The average Bonchev–Trinajstić information content (AvgIpc) is 2.73. The van der Waals surface area contributed by atoms with Crippen molar-refractivity contribution in [3.63, 3.8) is 0 Å². The van der Waals surface area contributed by atoms with Crippen LogP contribution in [0.4, 0.5) is 0 Å². The van der Waals surface area contributed by atoms with Crippen molar-refractivity contribution in [3.8, 4) is 6.07 Å². The predicted molar refractivity (Wildman–Crippen MR) is 62.0 cm³/mol. The van der Waals surface area contributed by atoms with Gasteiger partial charge in [-0.3, -0.25) is 4.79 Å². The second-order valence-corrected chi connectivity index (χ2v) is 4.62. The number of nitrogens with zero attached hydrogens (tertiary/aromatic N) is 1. The van der Waals surface area contributed by atoms with Crippen LogP contribution in [0, 0.1) is 17.2 Å². The molecule has 80 valence electrons. The van der Waals surface area contributed by atoms with E-state index in [2.05, 4.69) is 13.0 Å². The van der Waals surface area contributed by atoms with E-state index >= 15 is 0 Å². The summed E-state index contributed by atoms with van der Waals surface area (Å²) in [5.41, 5.74) is 0. The maximum Gasteiger partial charge on any atom is 0.189 e. The van der Waals surface area contributed by atoms with Gasteiger partial charge in [-0.1, -0.05) is 20.3 Å². The van der Waals surface area contributed by atoms with Crippen LogP contribution in [0.25, 0.3) is 0 Å². The number of ketones is 1. The SMILES string of the molecule is CCCC(C#N)C(=O)c1ccc(CC)s1. The average molecular weight is 221 g/mol. The number of carbonyl (C=O) groups excluding carboxylic acids is 1. The number of hydrogen-bond donors (Lipinski definition) is 0. The largest absolute Gasteiger partial charge is 0.292 e. The molecule has 0 fully saturated rings. The number of rotatable bonds is 5. The maximum atomic E-state index is 11.9. The molecule has 1 unspecified atom stereocenters. The van der Waals surface area contributed by atoms with Crippen molar-refractivity contribution in [1.29, 1.82) is 5.26 Å². The smallest absolute Gasteiger partial charge is 0.189 e. The quantitative estimate of drug-likeness (QED) is 0.715. The first-order valence-electron chi connectivity index (χ1n) is 5.25. The van der Waals surface area contributed by atoms with Gasteiger partial charge in [0, 0.05) is 4.88 Å². The van der Waals surface area contributed by atoms with E-state index in [-0.39, 0.29) is 5.78 Å². The van der Waals surface area contributed by atoms with Crippen LogP contribution in [0.5, 0.6) is 0 Å². The lowest BCUT2D eigenvalue weighted by molar-refractivity contribution is 0.0947. The highest BCUT2D eigenvalue weighted by molar-refractivity contribution is 7.14. The molecule has 2 nitrogen and oxygen atoms in total. The number of nitriles is 1. The summed E-state index contributed by atoms with van der Waals surface area (Å²) < 4.78 is 0. The predicted octanol–water partition coefficient (Wildman–Crippen LogP) is 3.43. The second kappa shape index (κ2) is 5.67. The van der Waals surface area contributed by atoms with Crippen molar-refractivity contribution in [3.05, 3.63) is 21.9 Å². The Labute approximate surface area is 94.5 Å². The molecule has 0 aliphatic heterocycles. The third-order valence-electron chi connectivity index (χ3n) is 2.30. The standard InChI is InChI=1S/C12H15NOS/c1-3-5-9(8-13)12(14)11-7-6-10(4-2)15-11/h6-7,9H,3-5H2,1-2H3. The van der Waals surface area contributed by atoms with Crippen molar-refractivity contribution in [2.75, 3.05) is 0 Å². The third kappa shape index (κ3) is 2.90. The maximum absolute atomic E-state index is 11.9. The first-order valence-corrected chi connectivity index (χ1v) is 6.07. The third-order valence-corrected chi connectivity index (χ3v) is 3.55. The highest BCUT2D eigenvalue weighted by Crippen LogP contribution is 2.22. The monoisotopic (exact) mass is 221 g/mol. The van der Waals surface area contributed by atoms with Gasteiger partial charge in [0.1, 0.15) is 5.92 Å². The molecule has 0 saturated carbocycles. The van der Waals surface area contributed by atoms with E-state index in [1.807, 2.05) is 19.1 Å². The zero-order chi connectivity index (χ0) is 11.3. The fraction of sp³-hybridized carbons (Fsp3) is 0.500. The Kier molecular flexibility index (Phi) is 4.51. The molecule has 0 spiro atoms. The minimum absolute atomic E-state index is 0.0101. The van der Waals surface area contributed by atoms with Gasteiger partial charge in [0.15, 0.2) is 5.78 Å². The summed E-state index contributed by atoms with van der Waals surface area (Å²) in [6.45, 7) is 4.05. The van der Waals surface area contributed by atoms with Gasteiger partial charge in [-0.05, 0) is 25.0 Å². The summed E-state index contributed by atoms with van der Waals surface area (Å²) in [5, 5.41) is 8.89. The number of Topliss-reactive ketones (excluding diaryl/α,β-unsaturated/α-hetero) is 1. The lowest BCUT2D eigenvalue weighted by Crippen LogP contribution is -2.11. The summed E-state index contributed by atoms with van der Waals surface area (Å²) in [7, 11) is 0. The van der Waals surface area contributed by atoms with E-state index in [1.165, 1.54) is 16.2 Å². The molecule has 0 aliphatic carbocycles. The Balaban J connectivity index is 2.79. The number of thiophene rings is 1. The fourth-order valence-electron chi connectivity index (χ4n) is 1.42. The minimum Gasteiger partial charge on any atom is -0.292 e. The van der Waals surface area contributed by atoms with Crippen LogP contribution in [-0.4, -0.2) is 5.78 Å². The van der Waals surface area contributed by atoms with Crippen LogP contribution in [0.3, 0.4) is 0 Å². The summed E-state index contributed by atoms with van der Waals surface area (Å²) >= 11 is 1.51. The van der Waals surface area contributed by atoms with Gasteiger partial charge in [0.25, 0.3) is 0 Å². The Morgan fingerprint density at radius 1 is 1.53 bits per heavy atom. The normalized spacial score (nSPS) is 12.1. The Morgan fingerprint density at radius 3 is 2.73 bits per heavy atom. The zero-order valence-electron chi connectivity index (χ0n) is 9.12. The van der Waals surface area contributed by atoms with Crippen LogP contribution in [0.1, 0.15) is 41.2 Å². The second-order valence-electron chi connectivity index (χ2n) is 3.45. The Morgan fingerprint density at radius 2 is 2.27 bits per heavy atom. The number of carbonyl (C=O) groups is 1. The minimum atomic E-state index is -0.460. The Hall–Kier alpha value is -1.14. The van der Waals surface area contributed by atoms with E-state index in [9.17, 15) is 4.79 Å². The summed E-state index contributed by atoms with van der Waals surface area (Å²) in [4.78, 5) is 13.8. The molecule has 0 radical (unpaired) electrons. The molecule has 0 amide bonds. The van der Waals surface area contributed by atoms with Gasteiger partial charge in [-0.15, -0.1) is 11.3 Å². The van der Waals surface area contributed by atoms with Crippen LogP contribution in [0.15, 0.2) is 12.1 Å². The molecule has 0 saturated heterocycles. The fourth-order valence-corrected chi connectivity index (χ4v) is 2.36. The van der Waals surface area contributed by atoms with Gasteiger partial charge < -0.3 is 0 Å². The van der Waals surface area contributed by atoms with Crippen LogP contribution < -0.4 is 0 Å². The molecule has 1 heterocycles. The summed E-state index contributed by atoms with van der Waals surface area (Å²) in [6.07, 6.45) is 2.48. The van der Waals surface area contributed by atoms with Gasteiger partial charge in [0.2, 0.25) is 0 Å². The first-order chi connectivity index (χ1) is 7.22. The van der Waals surface area contributed by atoms with Crippen molar-refractivity contribution in [1.82, 2.24) is 0 Å². The lowest BCUT2D eigenvalue weighted by atomic mass is 9.99. The molecule has 0 aliphatic rings. The van der Waals surface area contributed by atoms with Crippen LogP contribution in [0.2, 0.25) is 0 Å². The van der Waals surface area contributed by atoms with Crippen LogP contribution >= 0.6 is 11.3 Å². The van der Waals surface area contributed by atoms with E-state index in [4.69, 9.17) is 5.26 Å². The van der Waals surface area contributed by atoms with Crippen molar-refractivity contribution >= 4 is 17.1 Å². The molecule has 1 aromatic heterocycles. The number of hydrogen-bond acceptors (Lipinski definition) is 3. The molecule has 3 heteroatoms. The van der Waals surface area contributed by atoms with Gasteiger partial charge in [0.05, 0.1) is 10.9 Å². The van der Waals surface area contributed by atoms with Crippen LogP contribution in [-0.2, 0) is 6.42 Å². The van der Waals surface area contributed by atoms with Crippen molar-refractivity contribution in [2.45, 2.75) is 33.1 Å².